The highest BCUT2D eigenvalue weighted by Gasteiger charge is 2.52. The molecule has 0 bridgehead atoms. The van der Waals surface area contributed by atoms with Gasteiger partial charge in [0.15, 0.2) is 17.5 Å². The standard InChI is InChI=1S/C58H35N3/c1-2-15-39(16-3-1)55-59-56(61-57(60-55)49-22-12-17-37-13-4-6-18-44(37)49)40-27-25-36(26-28-40)41-29-30-42-34-50-48-32-31-38-14-5-7-19-45(38)54(48)58(53(50)35-43(42)33-41)51-23-10-8-20-46(51)47-21-9-11-24-52(47)58/h1-35H. The minimum absolute atomic E-state index is 0.432. The van der Waals surface area contributed by atoms with Crippen molar-refractivity contribution in [1.29, 1.82) is 0 Å². The fourth-order valence-electron chi connectivity index (χ4n) is 10.4. The molecule has 0 unspecified atom stereocenters. The van der Waals surface area contributed by atoms with Crippen LogP contribution >= 0.6 is 0 Å². The lowest BCUT2D eigenvalue weighted by molar-refractivity contribution is 0.802. The third kappa shape index (κ3) is 4.95. The highest BCUT2D eigenvalue weighted by atomic mass is 15.0. The van der Waals surface area contributed by atoms with E-state index in [9.17, 15) is 0 Å². The number of rotatable bonds is 4. The van der Waals surface area contributed by atoms with Crippen LogP contribution in [0.5, 0.6) is 0 Å². The highest BCUT2D eigenvalue weighted by molar-refractivity contribution is 6.06. The summed E-state index contributed by atoms with van der Waals surface area (Å²) in [5.41, 5.74) is 15.5. The second kappa shape index (κ2) is 13.0. The lowest BCUT2D eigenvalue weighted by Gasteiger charge is -2.31. The molecule has 1 aromatic heterocycles. The van der Waals surface area contributed by atoms with Crippen molar-refractivity contribution in [2.75, 3.05) is 0 Å². The summed E-state index contributed by atoms with van der Waals surface area (Å²) in [7, 11) is 0. The van der Waals surface area contributed by atoms with Crippen LogP contribution in [0.25, 0.3) is 99.9 Å². The first-order valence-corrected chi connectivity index (χ1v) is 20.9. The van der Waals surface area contributed by atoms with E-state index in [4.69, 9.17) is 15.0 Å². The fourth-order valence-corrected chi connectivity index (χ4v) is 10.4. The predicted octanol–water partition coefficient (Wildman–Crippen LogP) is 14.3. The van der Waals surface area contributed by atoms with Crippen molar-refractivity contribution in [1.82, 2.24) is 15.0 Å². The van der Waals surface area contributed by atoms with Gasteiger partial charge in [-0.15, -0.1) is 0 Å². The maximum absolute atomic E-state index is 5.11. The van der Waals surface area contributed by atoms with E-state index in [2.05, 4.69) is 194 Å². The van der Waals surface area contributed by atoms with Crippen LogP contribution in [0.1, 0.15) is 22.3 Å². The van der Waals surface area contributed by atoms with Crippen molar-refractivity contribution < 1.29 is 0 Å². The largest absolute Gasteiger partial charge is 0.208 e. The van der Waals surface area contributed by atoms with Crippen molar-refractivity contribution in [3.63, 3.8) is 0 Å². The van der Waals surface area contributed by atoms with Gasteiger partial charge in [0.25, 0.3) is 0 Å². The molecule has 0 fully saturated rings. The van der Waals surface area contributed by atoms with E-state index >= 15 is 0 Å². The van der Waals surface area contributed by atoms with Gasteiger partial charge in [0.1, 0.15) is 0 Å². The summed E-state index contributed by atoms with van der Waals surface area (Å²) in [6.07, 6.45) is 0. The van der Waals surface area contributed by atoms with Crippen LogP contribution in [0.3, 0.4) is 0 Å². The van der Waals surface area contributed by atoms with Crippen LogP contribution in [0, 0.1) is 0 Å². The van der Waals surface area contributed by atoms with Crippen molar-refractivity contribution >= 4 is 32.3 Å². The first-order valence-electron chi connectivity index (χ1n) is 20.9. The van der Waals surface area contributed by atoms with E-state index < -0.39 is 5.41 Å². The molecular weight excluding hydrogens is 739 g/mol. The van der Waals surface area contributed by atoms with Crippen LogP contribution < -0.4 is 0 Å². The number of hydrogen-bond donors (Lipinski definition) is 0. The maximum atomic E-state index is 5.11. The van der Waals surface area contributed by atoms with Gasteiger partial charge in [-0.2, -0.15) is 0 Å². The number of aromatic nitrogens is 3. The van der Waals surface area contributed by atoms with Crippen LogP contribution in [-0.4, -0.2) is 15.0 Å². The van der Waals surface area contributed by atoms with Crippen molar-refractivity contribution in [2.45, 2.75) is 5.41 Å². The maximum Gasteiger partial charge on any atom is 0.164 e. The molecule has 0 saturated carbocycles. The summed E-state index contributed by atoms with van der Waals surface area (Å²) >= 11 is 0. The zero-order chi connectivity index (χ0) is 40.1. The van der Waals surface area contributed by atoms with Gasteiger partial charge in [-0.3, -0.25) is 0 Å². The normalized spacial score (nSPS) is 13.0. The summed E-state index contributed by atoms with van der Waals surface area (Å²) in [4.78, 5) is 15.2. The Balaban J connectivity index is 0.951. The Kier molecular flexibility index (Phi) is 7.22. The van der Waals surface area contributed by atoms with Gasteiger partial charge < -0.3 is 0 Å². The molecule has 0 saturated heterocycles. The molecule has 61 heavy (non-hydrogen) atoms. The SMILES string of the molecule is c1ccc(-c2nc(-c3ccc(-c4ccc5cc6c(cc5c4)C4(c5ccccc5-c5ccccc54)c4c-6ccc5ccccc45)cc3)nc(-c3cccc4ccccc34)n2)cc1. The van der Waals surface area contributed by atoms with Crippen LogP contribution in [0.2, 0.25) is 0 Å². The fraction of sp³-hybridized carbons (Fsp3) is 0.0172. The first-order chi connectivity index (χ1) is 30.2. The second-order valence-electron chi connectivity index (χ2n) is 16.3. The van der Waals surface area contributed by atoms with Crippen LogP contribution in [0.15, 0.2) is 212 Å². The van der Waals surface area contributed by atoms with Crippen molar-refractivity contribution in [3.8, 4) is 67.5 Å². The van der Waals surface area contributed by atoms with Crippen molar-refractivity contribution in [3.05, 3.63) is 235 Å². The first kappa shape index (κ1) is 33.9. The molecule has 0 atom stereocenters. The van der Waals surface area contributed by atoms with E-state index in [0.717, 1.165) is 33.0 Å². The Bertz CT molecular complexity index is 3540. The van der Waals surface area contributed by atoms with Crippen LogP contribution in [-0.2, 0) is 5.41 Å². The lowest BCUT2D eigenvalue weighted by Crippen LogP contribution is -2.26. The van der Waals surface area contributed by atoms with Crippen molar-refractivity contribution in [2.24, 2.45) is 0 Å². The zero-order valence-corrected chi connectivity index (χ0v) is 33.0. The average Bonchev–Trinajstić information content (AvgIpc) is 3.80. The predicted molar refractivity (Wildman–Crippen MR) is 250 cm³/mol. The highest BCUT2D eigenvalue weighted by Crippen LogP contribution is 2.64. The molecule has 2 aliphatic rings. The van der Waals surface area contributed by atoms with E-state index in [1.807, 2.05) is 18.2 Å². The molecule has 0 radical (unpaired) electrons. The molecule has 0 amide bonds. The van der Waals surface area contributed by atoms with Gasteiger partial charge in [-0.1, -0.05) is 194 Å². The second-order valence-corrected chi connectivity index (χ2v) is 16.3. The number of nitrogens with zero attached hydrogens (tertiary/aromatic N) is 3. The number of fused-ring (bicyclic) bond motifs is 14. The summed E-state index contributed by atoms with van der Waals surface area (Å²) in [6, 6.07) is 77.0. The Morgan fingerprint density at radius 3 is 1.56 bits per heavy atom. The Labute approximate surface area is 353 Å². The molecule has 10 aromatic carbocycles. The average molecular weight is 774 g/mol. The molecule has 3 nitrogen and oxygen atoms in total. The quantitative estimate of drug-likeness (QED) is 0.179. The molecule has 3 heteroatoms. The Hall–Kier alpha value is -8.01. The molecule has 0 aliphatic heterocycles. The third-order valence-electron chi connectivity index (χ3n) is 13.1. The number of hydrogen-bond acceptors (Lipinski definition) is 3. The van der Waals surface area contributed by atoms with E-state index in [1.54, 1.807) is 0 Å². The number of benzene rings is 10. The summed E-state index contributed by atoms with van der Waals surface area (Å²) in [5, 5.41) is 7.30. The van der Waals surface area contributed by atoms with E-state index in [-0.39, 0.29) is 0 Å². The lowest BCUT2D eigenvalue weighted by atomic mass is 9.69. The Morgan fingerprint density at radius 1 is 0.262 bits per heavy atom. The van der Waals surface area contributed by atoms with Gasteiger partial charge in [0, 0.05) is 16.7 Å². The van der Waals surface area contributed by atoms with E-state index in [1.165, 1.54) is 71.6 Å². The van der Waals surface area contributed by atoms with E-state index in [0.29, 0.717) is 17.5 Å². The summed E-state index contributed by atoms with van der Waals surface area (Å²) < 4.78 is 0. The minimum Gasteiger partial charge on any atom is -0.208 e. The minimum atomic E-state index is -0.432. The zero-order valence-electron chi connectivity index (χ0n) is 33.0. The van der Waals surface area contributed by atoms with Gasteiger partial charge >= 0.3 is 0 Å². The van der Waals surface area contributed by atoms with Gasteiger partial charge in [-0.25, -0.2) is 15.0 Å². The molecule has 1 spiro atoms. The molecule has 11 aromatic rings. The molecule has 13 rings (SSSR count). The van der Waals surface area contributed by atoms with Crippen LogP contribution in [0.4, 0.5) is 0 Å². The molecular formula is C58H35N3. The third-order valence-corrected chi connectivity index (χ3v) is 13.1. The summed E-state index contributed by atoms with van der Waals surface area (Å²) in [5.74, 6) is 1.96. The van der Waals surface area contributed by atoms with Gasteiger partial charge in [-0.05, 0) is 106 Å². The summed E-state index contributed by atoms with van der Waals surface area (Å²) in [6.45, 7) is 0. The molecule has 0 N–H and O–H groups in total. The van der Waals surface area contributed by atoms with Gasteiger partial charge in [0.2, 0.25) is 0 Å². The van der Waals surface area contributed by atoms with Gasteiger partial charge in [0.05, 0.1) is 5.41 Å². The Morgan fingerprint density at radius 2 is 0.803 bits per heavy atom. The molecule has 2 aliphatic carbocycles. The molecule has 282 valence electrons. The smallest absolute Gasteiger partial charge is 0.164 e. The topological polar surface area (TPSA) is 38.7 Å². The monoisotopic (exact) mass is 773 g/mol. The molecule has 1 heterocycles.